The lowest BCUT2D eigenvalue weighted by Gasteiger charge is -2.34. The smallest absolute Gasteiger partial charge is 0.407 e. The quantitative estimate of drug-likeness (QED) is 0.103. The van der Waals surface area contributed by atoms with Crippen molar-refractivity contribution in [1.82, 2.24) is 30.6 Å². The van der Waals surface area contributed by atoms with Crippen LogP contribution in [-0.2, 0) is 9.47 Å². The van der Waals surface area contributed by atoms with Crippen molar-refractivity contribution < 1.29 is 38.1 Å². The minimum atomic E-state index is -0.571. The van der Waals surface area contributed by atoms with E-state index in [1.165, 1.54) is 36.4 Å². The van der Waals surface area contributed by atoms with Gasteiger partial charge in [-0.1, -0.05) is 24.3 Å². The molecule has 4 heterocycles. The minimum Gasteiger partial charge on any atom is -0.507 e. The molecule has 4 N–H and O–H groups in total. The molecule has 2 saturated heterocycles. The SMILES string of the molecule is CCOC(=O)NC[C@@H]1CCCN(c2nc(-c3c(O)cccc3F)nc3cc(C)ccc23)C1.CCOC(=O)NC[C@@H]1CCCN(c2nc(-c3c(O)cccc3F)nc3cc(C)ccc23)C1.Cl. The molecule has 2 aliphatic rings. The van der Waals surface area contributed by atoms with Crippen molar-refractivity contribution in [2.75, 3.05) is 62.3 Å². The molecular weight excluding hydrogens is 858 g/mol. The molecule has 17 heteroatoms. The number of aromatic hydroxyl groups is 2. The Balaban J connectivity index is 0.000000212. The number of aryl methyl sites for hydroxylation is 2. The molecular formula is C48H55ClF2N8O6. The Labute approximate surface area is 382 Å². The highest BCUT2D eigenvalue weighted by Gasteiger charge is 2.27. The second kappa shape index (κ2) is 21.9. The van der Waals surface area contributed by atoms with E-state index in [9.17, 15) is 28.6 Å². The van der Waals surface area contributed by atoms with Gasteiger partial charge in [-0.15, -0.1) is 12.4 Å². The number of nitrogens with zero attached hydrogens (tertiary/aromatic N) is 6. The Kier molecular flexibility index (Phi) is 16.1. The van der Waals surface area contributed by atoms with Gasteiger partial charge in [0.05, 0.1) is 35.4 Å². The largest absolute Gasteiger partial charge is 0.507 e. The average molecular weight is 913 g/mol. The average Bonchev–Trinajstić information content (AvgIpc) is 3.27. The Morgan fingerprint density at radius 2 is 1.08 bits per heavy atom. The van der Waals surface area contributed by atoms with Gasteiger partial charge in [0, 0.05) is 50.0 Å². The monoisotopic (exact) mass is 912 g/mol. The van der Waals surface area contributed by atoms with Crippen LogP contribution in [0.1, 0.15) is 50.7 Å². The molecule has 2 fully saturated rings. The fraction of sp³-hybridized carbons (Fsp3) is 0.375. The molecule has 0 radical (unpaired) electrons. The van der Waals surface area contributed by atoms with Crippen LogP contribution in [0, 0.1) is 37.3 Å². The van der Waals surface area contributed by atoms with Crippen LogP contribution in [0.2, 0.25) is 0 Å². The van der Waals surface area contributed by atoms with Gasteiger partial charge < -0.3 is 40.1 Å². The van der Waals surface area contributed by atoms with E-state index in [1.54, 1.807) is 13.8 Å². The third-order valence-electron chi connectivity index (χ3n) is 11.4. The van der Waals surface area contributed by atoms with Gasteiger partial charge in [-0.2, -0.15) is 0 Å². The Morgan fingerprint density at radius 3 is 1.46 bits per heavy atom. The first-order chi connectivity index (χ1) is 30.9. The molecule has 65 heavy (non-hydrogen) atoms. The number of aromatic nitrogens is 4. The van der Waals surface area contributed by atoms with Crippen LogP contribution in [0.3, 0.4) is 0 Å². The van der Waals surface area contributed by atoms with E-state index >= 15 is 0 Å². The first-order valence-corrected chi connectivity index (χ1v) is 21.8. The maximum atomic E-state index is 14.6. The van der Waals surface area contributed by atoms with Gasteiger partial charge in [0.25, 0.3) is 0 Å². The number of piperidine rings is 2. The van der Waals surface area contributed by atoms with E-state index in [0.717, 1.165) is 60.7 Å². The van der Waals surface area contributed by atoms with Crippen LogP contribution in [0.4, 0.5) is 30.0 Å². The predicted octanol–water partition coefficient (Wildman–Crippen LogP) is 9.25. The molecule has 0 bridgehead atoms. The van der Waals surface area contributed by atoms with Crippen molar-refractivity contribution in [1.29, 1.82) is 0 Å². The van der Waals surface area contributed by atoms with Crippen LogP contribution < -0.4 is 20.4 Å². The number of anilines is 2. The molecule has 2 aromatic heterocycles. The number of phenols is 2. The van der Waals surface area contributed by atoms with Gasteiger partial charge in [0.15, 0.2) is 11.6 Å². The zero-order valence-electron chi connectivity index (χ0n) is 36.9. The van der Waals surface area contributed by atoms with E-state index in [0.29, 0.717) is 62.1 Å². The number of phenolic OH excluding ortho intramolecular Hbond substituents is 2. The van der Waals surface area contributed by atoms with Gasteiger partial charge in [0.2, 0.25) is 0 Å². The van der Waals surface area contributed by atoms with Crippen molar-refractivity contribution in [3.05, 3.63) is 95.6 Å². The lowest BCUT2D eigenvalue weighted by atomic mass is 9.97. The number of rotatable bonds is 10. The van der Waals surface area contributed by atoms with Crippen molar-refractivity contribution in [2.24, 2.45) is 11.8 Å². The van der Waals surface area contributed by atoms with E-state index in [-0.39, 0.29) is 58.5 Å². The van der Waals surface area contributed by atoms with Gasteiger partial charge in [0.1, 0.15) is 34.8 Å². The molecule has 344 valence electrons. The molecule has 0 unspecified atom stereocenters. The number of ether oxygens (including phenoxy) is 2. The maximum Gasteiger partial charge on any atom is 0.407 e. The number of hydrogen-bond donors (Lipinski definition) is 4. The Hall–Kier alpha value is -6.55. The van der Waals surface area contributed by atoms with Gasteiger partial charge in [-0.3, -0.25) is 0 Å². The van der Waals surface area contributed by atoms with Crippen molar-refractivity contribution >= 4 is 58.0 Å². The number of benzene rings is 4. The Morgan fingerprint density at radius 1 is 0.662 bits per heavy atom. The summed E-state index contributed by atoms with van der Waals surface area (Å²) in [5, 5.41) is 28.0. The normalized spacial score (nSPS) is 16.0. The fourth-order valence-electron chi connectivity index (χ4n) is 8.29. The highest BCUT2D eigenvalue weighted by molar-refractivity contribution is 5.93. The second-order valence-corrected chi connectivity index (χ2v) is 16.2. The molecule has 0 spiro atoms. The molecule has 0 aliphatic carbocycles. The summed E-state index contributed by atoms with van der Waals surface area (Å²) in [6, 6.07) is 20.2. The summed E-state index contributed by atoms with van der Waals surface area (Å²) >= 11 is 0. The van der Waals surface area contributed by atoms with Crippen LogP contribution in [0.25, 0.3) is 44.6 Å². The zero-order chi connectivity index (χ0) is 45.3. The summed E-state index contributed by atoms with van der Waals surface area (Å²) in [6.45, 7) is 12.1. The lowest BCUT2D eigenvalue weighted by molar-refractivity contribution is 0.149. The van der Waals surface area contributed by atoms with E-state index in [2.05, 4.69) is 30.4 Å². The van der Waals surface area contributed by atoms with Crippen molar-refractivity contribution in [3.8, 4) is 34.3 Å². The minimum absolute atomic E-state index is 0. The summed E-state index contributed by atoms with van der Waals surface area (Å²) in [4.78, 5) is 46.2. The number of amides is 2. The van der Waals surface area contributed by atoms with Crippen LogP contribution >= 0.6 is 12.4 Å². The molecule has 2 amide bonds. The van der Waals surface area contributed by atoms with Crippen LogP contribution in [0.5, 0.6) is 11.5 Å². The highest BCUT2D eigenvalue weighted by atomic mass is 35.5. The lowest BCUT2D eigenvalue weighted by Crippen LogP contribution is -2.41. The number of fused-ring (bicyclic) bond motifs is 2. The van der Waals surface area contributed by atoms with Crippen molar-refractivity contribution in [2.45, 2.75) is 53.4 Å². The standard InChI is InChI=1S/2C24H27FN4O3.ClH/c2*1-3-32-24(31)26-13-16-6-5-11-29(14-16)23-17-10-9-15(2)12-19(17)27-22(28-23)21-18(25)7-4-8-20(21)30;/h2*4,7-10,12,16,30H,3,5-6,11,13-14H2,1-2H3,(H,26,31);1H/t2*16-;/m00./s1. The second-order valence-electron chi connectivity index (χ2n) is 16.2. The highest BCUT2D eigenvalue weighted by Crippen LogP contribution is 2.37. The number of hydrogen-bond acceptors (Lipinski definition) is 12. The summed E-state index contributed by atoms with van der Waals surface area (Å²) in [6.07, 6.45) is 3.01. The third-order valence-corrected chi connectivity index (χ3v) is 11.4. The summed E-state index contributed by atoms with van der Waals surface area (Å²) in [5.41, 5.74) is 3.44. The van der Waals surface area contributed by atoms with Crippen LogP contribution in [-0.4, -0.2) is 94.8 Å². The first-order valence-electron chi connectivity index (χ1n) is 21.8. The zero-order valence-corrected chi connectivity index (χ0v) is 37.8. The topological polar surface area (TPSA) is 175 Å². The van der Waals surface area contributed by atoms with E-state index < -0.39 is 23.8 Å². The molecule has 8 rings (SSSR count). The third kappa shape index (κ3) is 11.6. The number of halogens is 3. The Bertz CT molecular complexity index is 2420. The summed E-state index contributed by atoms with van der Waals surface area (Å²) < 4.78 is 39.1. The molecule has 2 atom stereocenters. The van der Waals surface area contributed by atoms with Gasteiger partial charge >= 0.3 is 12.2 Å². The number of nitrogens with one attached hydrogen (secondary N) is 2. The fourth-order valence-corrected chi connectivity index (χ4v) is 8.29. The number of carbonyl (C=O) groups excluding carboxylic acids is 2. The first kappa shape index (κ1) is 47.9. The predicted molar refractivity (Wildman–Crippen MR) is 250 cm³/mol. The summed E-state index contributed by atoms with van der Waals surface area (Å²) in [7, 11) is 0. The molecule has 4 aromatic carbocycles. The maximum absolute atomic E-state index is 14.6. The van der Waals surface area contributed by atoms with Gasteiger partial charge in [-0.25, -0.2) is 38.3 Å². The van der Waals surface area contributed by atoms with Gasteiger partial charge in [-0.05, 0) is 125 Å². The van der Waals surface area contributed by atoms with E-state index in [1.807, 2.05) is 50.2 Å². The van der Waals surface area contributed by atoms with Crippen LogP contribution in [0.15, 0.2) is 72.8 Å². The van der Waals surface area contributed by atoms with E-state index in [4.69, 9.17) is 19.4 Å². The molecule has 14 nitrogen and oxygen atoms in total. The molecule has 0 saturated carbocycles. The van der Waals surface area contributed by atoms with Crippen molar-refractivity contribution in [3.63, 3.8) is 0 Å². The molecule has 2 aliphatic heterocycles. The molecule has 6 aromatic rings. The summed E-state index contributed by atoms with van der Waals surface area (Å²) in [5.74, 6) is 0.637. The number of alkyl carbamates (subject to hydrolysis) is 2. The number of carbonyl (C=O) groups is 2.